The van der Waals surface area contributed by atoms with Gasteiger partial charge in [-0.05, 0) is 17.5 Å². The average molecular weight is 175 g/mol. The van der Waals surface area contributed by atoms with Crippen LogP contribution in [-0.2, 0) is 0 Å². The van der Waals surface area contributed by atoms with Gasteiger partial charge in [0.05, 0.1) is 6.10 Å². The molecule has 3 rings (SSSR count). The maximum absolute atomic E-state index is 9.76. The van der Waals surface area contributed by atoms with E-state index in [2.05, 4.69) is 18.2 Å². The second-order valence-corrected chi connectivity index (χ2v) is 4.14. The first-order valence-electron chi connectivity index (χ1n) is 4.81. The van der Waals surface area contributed by atoms with Crippen molar-refractivity contribution in [2.75, 3.05) is 0 Å². The van der Waals surface area contributed by atoms with Crippen molar-refractivity contribution in [3.05, 3.63) is 35.4 Å². The number of aliphatic hydroxyl groups is 1. The van der Waals surface area contributed by atoms with Crippen LogP contribution < -0.4 is 5.73 Å². The Morgan fingerprint density at radius 1 is 1.23 bits per heavy atom. The minimum absolute atomic E-state index is 0.146. The van der Waals surface area contributed by atoms with E-state index in [9.17, 15) is 5.11 Å². The van der Waals surface area contributed by atoms with Crippen LogP contribution in [0.25, 0.3) is 0 Å². The molecule has 1 aromatic rings. The third kappa shape index (κ3) is 0.798. The number of fused-ring (bicyclic) bond motifs is 5. The number of hydrogen-bond acceptors (Lipinski definition) is 2. The molecule has 68 valence electrons. The molecule has 0 saturated heterocycles. The second-order valence-electron chi connectivity index (χ2n) is 4.14. The summed E-state index contributed by atoms with van der Waals surface area (Å²) in [5, 5.41) is 9.76. The standard InChI is InChI=1S/C11H13NO/c12-11-8-5-9(13)10(11)7-4-2-1-3-6(7)8/h1-4,8-11,13H,5,12H2. The zero-order valence-corrected chi connectivity index (χ0v) is 7.35. The second kappa shape index (κ2) is 2.34. The molecule has 0 aliphatic heterocycles. The van der Waals surface area contributed by atoms with Crippen LogP contribution in [0.5, 0.6) is 0 Å². The van der Waals surface area contributed by atoms with E-state index in [4.69, 9.17) is 5.73 Å². The molecule has 0 spiro atoms. The van der Waals surface area contributed by atoms with E-state index in [1.807, 2.05) is 6.07 Å². The monoisotopic (exact) mass is 175 g/mol. The lowest BCUT2D eigenvalue weighted by molar-refractivity contribution is 0.156. The van der Waals surface area contributed by atoms with E-state index < -0.39 is 0 Å². The van der Waals surface area contributed by atoms with Crippen LogP contribution in [0.1, 0.15) is 29.4 Å². The van der Waals surface area contributed by atoms with Crippen molar-refractivity contribution in [3.8, 4) is 0 Å². The Balaban J connectivity index is 2.18. The van der Waals surface area contributed by atoms with Gasteiger partial charge in [-0.3, -0.25) is 0 Å². The average Bonchev–Trinajstić information content (AvgIpc) is 2.56. The molecule has 0 radical (unpaired) electrons. The van der Waals surface area contributed by atoms with E-state index >= 15 is 0 Å². The highest BCUT2D eigenvalue weighted by Crippen LogP contribution is 2.51. The van der Waals surface area contributed by atoms with Gasteiger partial charge in [-0.2, -0.15) is 0 Å². The van der Waals surface area contributed by atoms with E-state index in [1.54, 1.807) is 0 Å². The molecule has 0 aromatic heterocycles. The fraction of sp³-hybridized carbons (Fsp3) is 0.455. The third-order valence-electron chi connectivity index (χ3n) is 3.54. The van der Waals surface area contributed by atoms with Crippen molar-refractivity contribution in [2.24, 2.45) is 5.73 Å². The van der Waals surface area contributed by atoms with Crippen molar-refractivity contribution in [2.45, 2.75) is 30.4 Å². The molecule has 3 N–H and O–H groups in total. The minimum Gasteiger partial charge on any atom is -0.392 e. The zero-order valence-electron chi connectivity index (χ0n) is 7.35. The minimum atomic E-state index is -0.213. The summed E-state index contributed by atoms with van der Waals surface area (Å²) in [7, 11) is 0. The van der Waals surface area contributed by atoms with Gasteiger partial charge >= 0.3 is 0 Å². The van der Waals surface area contributed by atoms with Crippen LogP contribution in [0.4, 0.5) is 0 Å². The number of nitrogens with two attached hydrogens (primary N) is 1. The molecule has 4 atom stereocenters. The maximum atomic E-state index is 9.76. The fourth-order valence-electron chi connectivity index (χ4n) is 2.97. The Morgan fingerprint density at radius 2 is 1.92 bits per heavy atom. The van der Waals surface area contributed by atoms with Gasteiger partial charge in [0.15, 0.2) is 0 Å². The van der Waals surface area contributed by atoms with Crippen LogP contribution in [0.3, 0.4) is 0 Å². The van der Waals surface area contributed by atoms with E-state index in [0.717, 1.165) is 6.42 Å². The highest BCUT2D eigenvalue weighted by Gasteiger charge is 2.48. The molecule has 1 fully saturated rings. The van der Waals surface area contributed by atoms with Crippen molar-refractivity contribution in [1.82, 2.24) is 0 Å². The first-order valence-corrected chi connectivity index (χ1v) is 4.81. The molecule has 13 heavy (non-hydrogen) atoms. The van der Waals surface area contributed by atoms with Gasteiger partial charge in [-0.25, -0.2) is 0 Å². The zero-order chi connectivity index (χ0) is 9.00. The summed E-state index contributed by atoms with van der Waals surface area (Å²) in [5.74, 6) is 0.595. The summed E-state index contributed by atoms with van der Waals surface area (Å²) in [6, 6.07) is 8.47. The Bertz CT molecular complexity index is 350. The highest BCUT2D eigenvalue weighted by molar-refractivity contribution is 5.45. The number of benzene rings is 1. The lowest BCUT2D eigenvalue weighted by Crippen LogP contribution is -2.25. The Kier molecular flexibility index (Phi) is 1.35. The lowest BCUT2D eigenvalue weighted by Gasteiger charge is -2.19. The number of hydrogen-bond donors (Lipinski definition) is 2. The predicted molar refractivity (Wildman–Crippen MR) is 50.5 cm³/mol. The van der Waals surface area contributed by atoms with E-state index in [-0.39, 0.29) is 18.1 Å². The summed E-state index contributed by atoms with van der Waals surface area (Å²) in [4.78, 5) is 0. The third-order valence-corrected chi connectivity index (χ3v) is 3.54. The number of rotatable bonds is 0. The molecule has 2 heteroatoms. The quantitative estimate of drug-likeness (QED) is 0.617. The molecule has 0 heterocycles. The predicted octanol–water partition coefficient (Wildman–Crippen LogP) is 0.959. The van der Waals surface area contributed by atoms with Gasteiger partial charge in [-0.15, -0.1) is 0 Å². The summed E-state index contributed by atoms with van der Waals surface area (Å²) in [6.45, 7) is 0. The van der Waals surface area contributed by atoms with Gasteiger partial charge in [0, 0.05) is 17.9 Å². The fourth-order valence-corrected chi connectivity index (χ4v) is 2.97. The van der Waals surface area contributed by atoms with E-state index in [1.165, 1.54) is 11.1 Å². The molecule has 0 amide bonds. The van der Waals surface area contributed by atoms with Crippen molar-refractivity contribution >= 4 is 0 Å². The van der Waals surface area contributed by atoms with Gasteiger partial charge in [0.25, 0.3) is 0 Å². The Morgan fingerprint density at radius 3 is 2.69 bits per heavy atom. The summed E-state index contributed by atoms with van der Waals surface area (Å²) < 4.78 is 0. The normalized spacial score (nSPS) is 40.8. The molecular formula is C11H13NO. The van der Waals surface area contributed by atoms with Crippen molar-refractivity contribution < 1.29 is 5.11 Å². The molecular weight excluding hydrogens is 162 g/mol. The summed E-state index contributed by atoms with van der Waals surface area (Å²) >= 11 is 0. The van der Waals surface area contributed by atoms with Crippen molar-refractivity contribution in [3.63, 3.8) is 0 Å². The molecule has 2 nitrogen and oxygen atoms in total. The first-order chi connectivity index (χ1) is 6.29. The van der Waals surface area contributed by atoms with Crippen molar-refractivity contribution in [1.29, 1.82) is 0 Å². The molecule has 2 aliphatic carbocycles. The summed E-state index contributed by atoms with van der Waals surface area (Å²) in [5.41, 5.74) is 8.71. The smallest absolute Gasteiger partial charge is 0.0630 e. The Hall–Kier alpha value is -0.860. The summed E-state index contributed by atoms with van der Waals surface area (Å²) in [6.07, 6.45) is 0.637. The molecule has 2 aliphatic rings. The molecule has 4 unspecified atom stereocenters. The molecule has 2 bridgehead atoms. The Labute approximate surface area is 77.4 Å². The van der Waals surface area contributed by atoms with Gasteiger partial charge in [-0.1, -0.05) is 24.3 Å². The molecule has 1 aromatic carbocycles. The van der Waals surface area contributed by atoms with Crippen LogP contribution in [-0.4, -0.2) is 17.3 Å². The molecule has 1 saturated carbocycles. The first kappa shape index (κ1) is 7.54. The van der Waals surface area contributed by atoms with Crippen LogP contribution in [0.15, 0.2) is 24.3 Å². The van der Waals surface area contributed by atoms with E-state index in [0.29, 0.717) is 5.92 Å². The van der Waals surface area contributed by atoms with Gasteiger partial charge in [0.1, 0.15) is 0 Å². The highest BCUT2D eigenvalue weighted by atomic mass is 16.3. The number of aliphatic hydroxyl groups excluding tert-OH is 1. The van der Waals surface area contributed by atoms with Crippen LogP contribution >= 0.6 is 0 Å². The lowest BCUT2D eigenvalue weighted by atomic mass is 9.90. The SMILES string of the molecule is NC1C2CC(O)C1c1ccccc12. The maximum Gasteiger partial charge on any atom is 0.0630 e. The van der Waals surface area contributed by atoms with Crippen LogP contribution in [0, 0.1) is 0 Å². The topological polar surface area (TPSA) is 46.2 Å². The van der Waals surface area contributed by atoms with Gasteiger partial charge < -0.3 is 10.8 Å². The van der Waals surface area contributed by atoms with Crippen LogP contribution in [0.2, 0.25) is 0 Å². The van der Waals surface area contributed by atoms with Gasteiger partial charge in [0.2, 0.25) is 0 Å². The largest absolute Gasteiger partial charge is 0.392 e.